The normalized spacial score (nSPS) is 18.1. The molecule has 2 rings (SSSR count). The van der Waals surface area contributed by atoms with E-state index in [1.54, 1.807) is 0 Å². The van der Waals surface area contributed by atoms with Crippen LogP contribution in [0.3, 0.4) is 0 Å². The summed E-state index contributed by atoms with van der Waals surface area (Å²) in [7, 11) is 0. The Morgan fingerprint density at radius 3 is 2.86 bits per heavy atom. The van der Waals surface area contributed by atoms with Crippen molar-refractivity contribution >= 4 is 11.8 Å². The fourth-order valence-electron chi connectivity index (χ4n) is 3.08. The second-order valence-corrected chi connectivity index (χ2v) is 6.09. The summed E-state index contributed by atoms with van der Waals surface area (Å²) in [4.78, 5) is 26.2. The molecule has 1 N–H and O–H groups in total. The van der Waals surface area contributed by atoms with Gasteiger partial charge in [-0.1, -0.05) is 36.8 Å². The molecule has 0 spiro atoms. The van der Waals surface area contributed by atoms with Crippen molar-refractivity contribution in [3.63, 3.8) is 0 Å². The summed E-state index contributed by atoms with van der Waals surface area (Å²) in [6.45, 7) is 5.40. The van der Waals surface area contributed by atoms with Gasteiger partial charge in [-0.25, -0.2) is 0 Å². The molecule has 0 aliphatic carbocycles. The number of rotatable bonds is 5. The zero-order valence-electron chi connectivity index (χ0n) is 13.6. The number of aryl methyl sites for hydroxylation is 1. The van der Waals surface area contributed by atoms with Crippen molar-refractivity contribution in [2.24, 2.45) is 0 Å². The van der Waals surface area contributed by atoms with Crippen LogP contribution >= 0.6 is 0 Å². The highest BCUT2D eigenvalue weighted by Crippen LogP contribution is 2.20. The van der Waals surface area contributed by atoms with Crippen LogP contribution in [0.25, 0.3) is 0 Å². The van der Waals surface area contributed by atoms with Crippen molar-refractivity contribution in [3.8, 4) is 0 Å². The van der Waals surface area contributed by atoms with Crippen LogP contribution in [0, 0.1) is 6.92 Å². The van der Waals surface area contributed by atoms with Gasteiger partial charge < -0.3 is 10.2 Å². The summed E-state index contributed by atoms with van der Waals surface area (Å²) in [6, 6.07) is 8.33. The van der Waals surface area contributed by atoms with Crippen LogP contribution in [0.4, 0.5) is 0 Å². The number of nitrogens with one attached hydrogen (secondary N) is 1. The Morgan fingerprint density at radius 1 is 1.32 bits per heavy atom. The lowest BCUT2D eigenvalue weighted by Gasteiger charge is -2.35. The van der Waals surface area contributed by atoms with Crippen LogP contribution in [-0.4, -0.2) is 29.3 Å². The third-order valence-corrected chi connectivity index (χ3v) is 4.30. The highest BCUT2D eigenvalue weighted by molar-refractivity contribution is 5.97. The number of carbonyl (C=O) groups excluding carboxylic acids is 2. The van der Waals surface area contributed by atoms with Gasteiger partial charge in [0.1, 0.15) is 6.42 Å². The van der Waals surface area contributed by atoms with E-state index in [4.69, 9.17) is 0 Å². The molecule has 1 aliphatic rings. The van der Waals surface area contributed by atoms with Gasteiger partial charge in [0.15, 0.2) is 0 Å². The van der Waals surface area contributed by atoms with Crippen molar-refractivity contribution < 1.29 is 9.59 Å². The molecule has 0 aromatic heterocycles. The van der Waals surface area contributed by atoms with Crippen LogP contribution in [0.2, 0.25) is 0 Å². The Labute approximate surface area is 132 Å². The summed E-state index contributed by atoms with van der Waals surface area (Å²) in [5.74, 6) is -0.222. The minimum atomic E-state index is -0.188. The first-order valence-corrected chi connectivity index (χ1v) is 8.22. The molecule has 1 aliphatic heterocycles. The van der Waals surface area contributed by atoms with E-state index in [9.17, 15) is 9.59 Å². The molecule has 0 saturated carbocycles. The predicted molar refractivity (Wildman–Crippen MR) is 87.3 cm³/mol. The molecule has 4 heteroatoms. The number of likely N-dealkylation sites (tertiary alicyclic amines) is 1. The quantitative estimate of drug-likeness (QED) is 0.850. The van der Waals surface area contributed by atoms with E-state index < -0.39 is 0 Å². The lowest BCUT2D eigenvalue weighted by Crippen LogP contribution is -2.45. The predicted octanol–water partition coefficient (Wildman–Crippen LogP) is 2.79. The summed E-state index contributed by atoms with van der Waals surface area (Å²) < 4.78 is 0. The Balaban J connectivity index is 1.82. The summed E-state index contributed by atoms with van der Waals surface area (Å²) in [5.41, 5.74) is 2.23. The molecule has 1 aromatic rings. The molecule has 1 aromatic carbocycles. The largest absolute Gasteiger partial charge is 0.352 e. The fraction of sp³-hybridized carbons (Fsp3) is 0.556. The first-order valence-electron chi connectivity index (χ1n) is 8.22. The first-order chi connectivity index (χ1) is 10.6. The number of piperidine rings is 1. The number of carbonyl (C=O) groups is 2. The molecule has 1 heterocycles. The van der Waals surface area contributed by atoms with Crippen molar-refractivity contribution in [1.29, 1.82) is 0 Å². The van der Waals surface area contributed by atoms with Gasteiger partial charge in [0.05, 0.1) is 0 Å². The topological polar surface area (TPSA) is 49.4 Å². The van der Waals surface area contributed by atoms with Crippen LogP contribution in [0.1, 0.15) is 50.2 Å². The van der Waals surface area contributed by atoms with Crippen LogP contribution < -0.4 is 5.32 Å². The van der Waals surface area contributed by atoms with Crippen LogP contribution in [0.15, 0.2) is 24.3 Å². The maximum absolute atomic E-state index is 12.3. The van der Waals surface area contributed by atoms with Crippen LogP contribution in [0.5, 0.6) is 0 Å². The molecule has 1 unspecified atom stereocenters. The highest BCUT2D eigenvalue weighted by Gasteiger charge is 2.26. The van der Waals surface area contributed by atoms with Gasteiger partial charge in [-0.15, -0.1) is 0 Å². The molecule has 1 fully saturated rings. The molecule has 0 bridgehead atoms. The number of hydrogen-bond acceptors (Lipinski definition) is 2. The van der Waals surface area contributed by atoms with Gasteiger partial charge in [0, 0.05) is 19.1 Å². The smallest absolute Gasteiger partial charge is 0.232 e. The van der Waals surface area contributed by atoms with Crippen molar-refractivity contribution in [2.45, 2.75) is 58.5 Å². The zero-order valence-corrected chi connectivity index (χ0v) is 13.6. The second-order valence-electron chi connectivity index (χ2n) is 6.09. The van der Waals surface area contributed by atoms with E-state index in [2.05, 4.69) is 12.2 Å². The van der Waals surface area contributed by atoms with E-state index in [1.807, 2.05) is 36.1 Å². The van der Waals surface area contributed by atoms with E-state index in [-0.39, 0.29) is 18.2 Å². The van der Waals surface area contributed by atoms with E-state index >= 15 is 0 Å². The Bertz CT molecular complexity index is 528. The average molecular weight is 302 g/mol. The second kappa shape index (κ2) is 7.97. The lowest BCUT2D eigenvalue weighted by atomic mass is 9.99. The van der Waals surface area contributed by atoms with Gasteiger partial charge in [0.25, 0.3) is 0 Å². The van der Waals surface area contributed by atoms with Gasteiger partial charge in [-0.2, -0.15) is 0 Å². The van der Waals surface area contributed by atoms with E-state index in [1.165, 1.54) is 12.0 Å². The molecule has 120 valence electrons. The summed E-state index contributed by atoms with van der Waals surface area (Å²) in [5, 5.41) is 2.84. The Kier molecular flexibility index (Phi) is 5.99. The van der Waals surface area contributed by atoms with Crippen LogP contribution in [-0.2, 0) is 16.1 Å². The van der Waals surface area contributed by atoms with Crippen molar-refractivity contribution in [2.75, 3.05) is 6.54 Å². The molecular weight excluding hydrogens is 276 g/mol. The molecule has 0 radical (unpaired) electrons. The molecule has 1 saturated heterocycles. The van der Waals surface area contributed by atoms with Gasteiger partial charge >= 0.3 is 0 Å². The fourth-order valence-corrected chi connectivity index (χ4v) is 3.08. The SMILES string of the molecule is CCC1CCCCN1C(=O)CC(=O)NCc1cccc(C)c1. The van der Waals surface area contributed by atoms with Crippen molar-refractivity contribution in [1.82, 2.24) is 10.2 Å². The third kappa shape index (κ3) is 4.58. The Hall–Kier alpha value is -1.84. The van der Waals surface area contributed by atoms with E-state index in [0.29, 0.717) is 12.6 Å². The average Bonchev–Trinajstić information content (AvgIpc) is 2.53. The summed E-state index contributed by atoms with van der Waals surface area (Å²) >= 11 is 0. The molecule has 4 nitrogen and oxygen atoms in total. The highest BCUT2D eigenvalue weighted by atomic mass is 16.2. The van der Waals surface area contributed by atoms with Gasteiger partial charge in [0.2, 0.25) is 11.8 Å². The lowest BCUT2D eigenvalue weighted by molar-refractivity contribution is -0.139. The number of hydrogen-bond donors (Lipinski definition) is 1. The summed E-state index contributed by atoms with van der Waals surface area (Å²) in [6.07, 6.45) is 4.22. The minimum Gasteiger partial charge on any atom is -0.352 e. The zero-order chi connectivity index (χ0) is 15.9. The maximum atomic E-state index is 12.3. The minimum absolute atomic E-state index is 0.0340. The first kappa shape index (κ1) is 16.5. The standard InChI is InChI=1S/C18H26N2O2/c1-3-16-9-4-5-10-20(16)18(22)12-17(21)19-13-15-8-6-7-14(2)11-15/h6-8,11,16H,3-5,9-10,12-13H2,1-2H3,(H,19,21). The Morgan fingerprint density at radius 2 is 2.14 bits per heavy atom. The maximum Gasteiger partial charge on any atom is 0.232 e. The number of benzene rings is 1. The molecule has 22 heavy (non-hydrogen) atoms. The number of amides is 2. The van der Waals surface area contributed by atoms with E-state index in [0.717, 1.165) is 31.4 Å². The van der Waals surface area contributed by atoms with Gasteiger partial charge in [-0.05, 0) is 38.2 Å². The molecule has 1 atom stereocenters. The van der Waals surface area contributed by atoms with Gasteiger partial charge in [-0.3, -0.25) is 9.59 Å². The number of nitrogens with zero attached hydrogens (tertiary/aromatic N) is 1. The molecule has 2 amide bonds. The third-order valence-electron chi connectivity index (χ3n) is 4.30. The molecular formula is C18H26N2O2. The monoisotopic (exact) mass is 302 g/mol. The van der Waals surface area contributed by atoms with Crippen molar-refractivity contribution in [3.05, 3.63) is 35.4 Å².